The fraction of sp³-hybridized carbons (Fsp3) is 0.417. The van der Waals surface area contributed by atoms with Gasteiger partial charge in [-0.3, -0.25) is 4.79 Å². The number of nitrogens with zero attached hydrogens (tertiary/aromatic N) is 1. The van der Waals surface area contributed by atoms with E-state index >= 15 is 0 Å². The van der Waals surface area contributed by atoms with Gasteiger partial charge in [0.05, 0.1) is 0 Å². The molecular weight excluding hydrogens is 188 g/mol. The van der Waals surface area contributed by atoms with Crippen LogP contribution in [0.1, 0.15) is 19.3 Å². The highest BCUT2D eigenvalue weighted by Crippen LogP contribution is 2.23. The number of benzene rings is 1. The molecule has 1 fully saturated rings. The van der Waals surface area contributed by atoms with Crippen LogP contribution in [0.5, 0.6) is 0 Å². The maximum Gasteiger partial charge on any atom is 0.226 e. The average molecular weight is 204 g/mol. The molecule has 1 aliphatic heterocycles. The fourth-order valence-corrected chi connectivity index (χ4v) is 1.91. The lowest BCUT2D eigenvalue weighted by Crippen LogP contribution is -2.35. The van der Waals surface area contributed by atoms with Crippen molar-refractivity contribution in [3.63, 3.8) is 0 Å². The van der Waals surface area contributed by atoms with E-state index in [-0.39, 0.29) is 5.91 Å². The summed E-state index contributed by atoms with van der Waals surface area (Å²) in [5.41, 5.74) is 2.05. The number of anilines is 2. The molecule has 0 bridgehead atoms. The molecule has 0 unspecified atom stereocenters. The summed E-state index contributed by atoms with van der Waals surface area (Å²) in [6.07, 6.45) is 2.82. The minimum atomic E-state index is 0.245. The lowest BCUT2D eigenvalue weighted by Gasteiger charge is -2.27. The first-order chi connectivity index (χ1) is 7.31. The molecule has 0 radical (unpaired) electrons. The summed E-state index contributed by atoms with van der Waals surface area (Å²) in [6.45, 7) is 0.853. The van der Waals surface area contributed by atoms with Crippen molar-refractivity contribution in [3.05, 3.63) is 24.3 Å². The zero-order valence-corrected chi connectivity index (χ0v) is 8.99. The zero-order chi connectivity index (χ0) is 10.7. The van der Waals surface area contributed by atoms with Gasteiger partial charge < -0.3 is 10.2 Å². The molecule has 1 heterocycles. The number of hydrogen-bond acceptors (Lipinski definition) is 2. The monoisotopic (exact) mass is 204 g/mol. The van der Waals surface area contributed by atoms with Crippen LogP contribution in [0.3, 0.4) is 0 Å². The Kier molecular flexibility index (Phi) is 2.90. The van der Waals surface area contributed by atoms with Gasteiger partial charge in [-0.1, -0.05) is 6.07 Å². The standard InChI is InChI=1S/C12H16N2O/c1-13-10-5-4-6-11(9-10)14-8-3-2-7-12(14)15/h4-6,9,13H,2-3,7-8H2,1H3. The number of nitrogens with one attached hydrogen (secondary N) is 1. The lowest BCUT2D eigenvalue weighted by molar-refractivity contribution is -0.119. The lowest BCUT2D eigenvalue weighted by atomic mass is 10.1. The van der Waals surface area contributed by atoms with Crippen LogP contribution in [0.4, 0.5) is 11.4 Å². The molecule has 0 spiro atoms. The molecule has 3 nitrogen and oxygen atoms in total. The van der Waals surface area contributed by atoms with Gasteiger partial charge in [-0.15, -0.1) is 0 Å². The summed E-state index contributed by atoms with van der Waals surface area (Å²) in [4.78, 5) is 13.6. The molecule has 1 N–H and O–H groups in total. The normalized spacial score (nSPS) is 16.6. The van der Waals surface area contributed by atoms with Crippen molar-refractivity contribution in [1.82, 2.24) is 0 Å². The van der Waals surface area contributed by atoms with E-state index in [0.717, 1.165) is 30.8 Å². The average Bonchev–Trinajstić information content (AvgIpc) is 2.30. The summed E-state index contributed by atoms with van der Waals surface area (Å²) >= 11 is 0. The van der Waals surface area contributed by atoms with Crippen LogP contribution in [0.2, 0.25) is 0 Å². The first-order valence-electron chi connectivity index (χ1n) is 5.39. The summed E-state index contributed by atoms with van der Waals surface area (Å²) in [5.74, 6) is 0.245. The summed E-state index contributed by atoms with van der Waals surface area (Å²) in [5, 5.41) is 3.08. The van der Waals surface area contributed by atoms with Crippen molar-refractivity contribution in [3.8, 4) is 0 Å². The second kappa shape index (κ2) is 4.34. The van der Waals surface area contributed by atoms with Gasteiger partial charge in [0.25, 0.3) is 0 Å². The first-order valence-corrected chi connectivity index (χ1v) is 5.39. The third-order valence-corrected chi connectivity index (χ3v) is 2.77. The van der Waals surface area contributed by atoms with Gasteiger partial charge in [0.15, 0.2) is 0 Å². The van der Waals surface area contributed by atoms with Gasteiger partial charge in [-0.2, -0.15) is 0 Å². The van der Waals surface area contributed by atoms with Crippen LogP contribution in [0.25, 0.3) is 0 Å². The van der Waals surface area contributed by atoms with Gasteiger partial charge >= 0.3 is 0 Å². The van der Waals surface area contributed by atoms with Gasteiger partial charge in [0.1, 0.15) is 0 Å². The first kappa shape index (κ1) is 10.0. The van der Waals surface area contributed by atoms with Crippen molar-refractivity contribution >= 4 is 17.3 Å². The molecule has 15 heavy (non-hydrogen) atoms. The Morgan fingerprint density at radius 3 is 2.93 bits per heavy atom. The second-order valence-corrected chi connectivity index (χ2v) is 3.80. The van der Waals surface area contributed by atoms with Crippen LogP contribution in [-0.2, 0) is 4.79 Å². The molecule has 0 atom stereocenters. The van der Waals surface area contributed by atoms with E-state index < -0.39 is 0 Å². The van der Waals surface area contributed by atoms with Crippen molar-refractivity contribution < 1.29 is 4.79 Å². The van der Waals surface area contributed by atoms with E-state index in [1.54, 1.807) is 0 Å². The molecule has 1 saturated heterocycles. The smallest absolute Gasteiger partial charge is 0.226 e. The van der Waals surface area contributed by atoms with Gasteiger partial charge in [0, 0.05) is 31.4 Å². The topological polar surface area (TPSA) is 32.3 Å². The number of hydrogen-bond donors (Lipinski definition) is 1. The molecule has 2 rings (SSSR count). The molecule has 0 saturated carbocycles. The largest absolute Gasteiger partial charge is 0.388 e. The molecule has 1 aromatic rings. The molecule has 0 aliphatic carbocycles. The number of piperidine rings is 1. The van der Waals surface area contributed by atoms with Gasteiger partial charge in [-0.05, 0) is 31.0 Å². The molecule has 3 heteroatoms. The van der Waals surface area contributed by atoms with E-state index in [9.17, 15) is 4.79 Å². The van der Waals surface area contributed by atoms with E-state index in [1.165, 1.54) is 0 Å². The van der Waals surface area contributed by atoms with E-state index in [1.807, 2.05) is 36.2 Å². The molecular formula is C12H16N2O. The summed E-state index contributed by atoms with van der Waals surface area (Å²) < 4.78 is 0. The van der Waals surface area contributed by atoms with E-state index in [4.69, 9.17) is 0 Å². The van der Waals surface area contributed by atoms with Crippen LogP contribution in [0.15, 0.2) is 24.3 Å². The number of amides is 1. The highest BCUT2D eigenvalue weighted by atomic mass is 16.2. The molecule has 1 aliphatic rings. The Morgan fingerprint density at radius 1 is 1.33 bits per heavy atom. The van der Waals surface area contributed by atoms with Crippen LogP contribution >= 0.6 is 0 Å². The molecule has 0 aromatic heterocycles. The highest BCUT2D eigenvalue weighted by Gasteiger charge is 2.19. The third kappa shape index (κ3) is 2.12. The molecule has 80 valence electrons. The summed E-state index contributed by atoms with van der Waals surface area (Å²) in [7, 11) is 1.89. The third-order valence-electron chi connectivity index (χ3n) is 2.77. The number of rotatable bonds is 2. The van der Waals surface area contributed by atoms with Gasteiger partial charge in [0.2, 0.25) is 5.91 Å². The maximum absolute atomic E-state index is 11.7. The predicted octanol–water partition coefficient (Wildman–Crippen LogP) is 2.25. The van der Waals surface area contributed by atoms with Crippen LogP contribution in [-0.4, -0.2) is 19.5 Å². The van der Waals surface area contributed by atoms with Crippen molar-refractivity contribution in [2.45, 2.75) is 19.3 Å². The molecule has 1 amide bonds. The van der Waals surface area contributed by atoms with Crippen molar-refractivity contribution in [1.29, 1.82) is 0 Å². The second-order valence-electron chi connectivity index (χ2n) is 3.80. The minimum absolute atomic E-state index is 0.245. The number of carbonyl (C=O) groups excluding carboxylic acids is 1. The van der Waals surface area contributed by atoms with Crippen LogP contribution in [0, 0.1) is 0 Å². The van der Waals surface area contributed by atoms with Crippen LogP contribution < -0.4 is 10.2 Å². The maximum atomic E-state index is 11.7. The Hall–Kier alpha value is -1.51. The van der Waals surface area contributed by atoms with Crippen molar-refractivity contribution in [2.24, 2.45) is 0 Å². The van der Waals surface area contributed by atoms with Gasteiger partial charge in [-0.25, -0.2) is 0 Å². The van der Waals surface area contributed by atoms with E-state index in [2.05, 4.69) is 5.32 Å². The van der Waals surface area contributed by atoms with E-state index in [0.29, 0.717) is 6.42 Å². The Balaban J connectivity index is 2.23. The predicted molar refractivity (Wildman–Crippen MR) is 62.2 cm³/mol. The Labute approximate surface area is 90.1 Å². The quantitative estimate of drug-likeness (QED) is 0.801. The molecule has 1 aromatic carbocycles. The zero-order valence-electron chi connectivity index (χ0n) is 8.99. The number of carbonyl (C=O) groups is 1. The minimum Gasteiger partial charge on any atom is -0.388 e. The Morgan fingerprint density at radius 2 is 2.20 bits per heavy atom. The van der Waals surface area contributed by atoms with Crippen molar-refractivity contribution in [2.75, 3.05) is 23.8 Å². The SMILES string of the molecule is CNc1cccc(N2CCCCC2=O)c1. The highest BCUT2D eigenvalue weighted by molar-refractivity contribution is 5.94. The summed E-state index contributed by atoms with van der Waals surface area (Å²) in [6, 6.07) is 7.98. The Bertz CT molecular complexity index is 362. The fourth-order valence-electron chi connectivity index (χ4n) is 1.91.